The van der Waals surface area contributed by atoms with Gasteiger partial charge in [-0.05, 0) is 29.8 Å². The highest BCUT2D eigenvalue weighted by molar-refractivity contribution is 6.51. The highest BCUT2D eigenvalue weighted by Gasteiger charge is 2.47. The van der Waals surface area contributed by atoms with Gasteiger partial charge in [-0.2, -0.15) is 0 Å². The van der Waals surface area contributed by atoms with E-state index >= 15 is 0 Å². The summed E-state index contributed by atoms with van der Waals surface area (Å²) in [6.45, 7) is 0. The maximum absolute atomic E-state index is 14.2. The number of carbonyl (C=O) groups excluding carboxylic acids is 3. The molecule has 3 aromatic carbocycles. The van der Waals surface area contributed by atoms with Gasteiger partial charge < -0.3 is 19.8 Å². The fraction of sp³-hybridized carbons (Fsp3) is 0.100. The number of para-hydroxylation sites is 2. The van der Waals surface area contributed by atoms with Gasteiger partial charge in [0, 0.05) is 51.7 Å². The average Bonchev–Trinajstić information content (AvgIpc) is 3.62. The zero-order chi connectivity index (χ0) is 26.4. The Bertz CT molecular complexity index is 1660. The molecule has 3 heterocycles. The molecule has 0 saturated heterocycles. The minimum atomic E-state index is -1.20. The van der Waals surface area contributed by atoms with Gasteiger partial charge in [0.1, 0.15) is 11.8 Å². The molecule has 1 aliphatic rings. The lowest BCUT2D eigenvalue weighted by atomic mass is 9.95. The molecule has 8 heteroatoms. The molecule has 0 aliphatic carbocycles. The predicted molar refractivity (Wildman–Crippen MR) is 143 cm³/mol. The number of benzene rings is 3. The normalized spacial score (nSPS) is 14.6. The molecule has 0 radical (unpaired) electrons. The van der Waals surface area contributed by atoms with Crippen molar-refractivity contribution in [2.24, 2.45) is 0 Å². The number of hydrogen-bond acceptors (Lipinski definition) is 5. The average molecular weight is 506 g/mol. The van der Waals surface area contributed by atoms with Gasteiger partial charge in [-0.3, -0.25) is 14.5 Å². The van der Waals surface area contributed by atoms with Crippen molar-refractivity contribution < 1.29 is 24.2 Å². The van der Waals surface area contributed by atoms with Crippen LogP contribution in [0.4, 0.5) is 0 Å². The number of methoxy groups -OCH3 is 1. The van der Waals surface area contributed by atoms with Crippen LogP contribution in [0, 0.1) is 0 Å². The van der Waals surface area contributed by atoms with Crippen LogP contribution >= 0.6 is 0 Å². The summed E-state index contributed by atoms with van der Waals surface area (Å²) < 4.78 is 5.04. The summed E-state index contributed by atoms with van der Waals surface area (Å²) in [5, 5.41) is 11.2. The zero-order valence-electron chi connectivity index (χ0n) is 20.4. The molecule has 0 unspecified atom stereocenters. The number of rotatable bonds is 6. The largest absolute Gasteiger partial charge is 0.508 e. The number of aromatic amines is 2. The van der Waals surface area contributed by atoms with Gasteiger partial charge in [0.15, 0.2) is 0 Å². The number of phenols is 1. The van der Waals surface area contributed by atoms with Gasteiger partial charge in [0.2, 0.25) is 0 Å². The van der Waals surface area contributed by atoms with Crippen LogP contribution in [0.1, 0.15) is 16.7 Å². The number of H-pyrrole nitrogens is 2. The molecule has 0 bridgehead atoms. The van der Waals surface area contributed by atoms with E-state index in [9.17, 15) is 19.5 Å². The van der Waals surface area contributed by atoms with Crippen LogP contribution in [0.3, 0.4) is 0 Å². The summed E-state index contributed by atoms with van der Waals surface area (Å²) in [6, 6.07) is 20.1. The van der Waals surface area contributed by atoms with E-state index in [4.69, 9.17) is 4.74 Å². The first-order valence-corrected chi connectivity index (χ1v) is 12.1. The number of phenolic OH excluding ortho intramolecular Hbond substituents is 1. The van der Waals surface area contributed by atoms with Crippen LogP contribution in [0.2, 0.25) is 0 Å². The van der Waals surface area contributed by atoms with Gasteiger partial charge in [-0.25, -0.2) is 4.79 Å². The summed E-state index contributed by atoms with van der Waals surface area (Å²) >= 11 is 0. The molecule has 1 aliphatic heterocycles. The number of esters is 1. The Balaban J connectivity index is 1.54. The summed E-state index contributed by atoms with van der Waals surface area (Å²) in [6.07, 6.45) is 3.47. The van der Waals surface area contributed by atoms with Gasteiger partial charge in [0.25, 0.3) is 11.8 Å². The molecule has 8 nitrogen and oxygen atoms in total. The number of fused-ring (bicyclic) bond motifs is 2. The number of ether oxygens (including phenoxy) is 1. The van der Waals surface area contributed by atoms with Crippen molar-refractivity contribution in [2.75, 3.05) is 7.11 Å². The lowest BCUT2D eigenvalue weighted by Crippen LogP contribution is -2.47. The van der Waals surface area contributed by atoms with E-state index in [0.29, 0.717) is 16.7 Å². The molecule has 2 aromatic heterocycles. The van der Waals surface area contributed by atoms with Crippen molar-refractivity contribution in [3.05, 3.63) is 102 Å². The van der Waals surface area contributed by atoms with Crippen LogP contribution in [0.5, 0.6) is 5.75 Å². The van der Waals surface area contributed by atoms with Crippen LogP contribution in [-0.4, -0.2) is 50.9 Å². The van der Waals surface area contributed by atoms with Crippen molar-refractivity contribution in [3.63, 3.8) is 0 Å². The fourth-order valence-electron chi connectivity index (χ4n) is 5.16. The lowest BCUT2D eigenvalue weighted by Gasteiger charge is -2.25. The number of imide groups is 1. The molecule has 0 saturated carbocycles. The first kappa shape index (κ1) is 23.3. The SMILES string of the molecule is COC(=O)[C@H](Cc1ccc(O)cc1)N1C(=O)C(c2c[nH]c3ccccc23)=C(c2c[nH]c3ccccc23)C1=O. The molecular weight excluding hydrogens is 482 g/mol. The maximum Gasteiger partial charge on any atom is 0.329 e. The third-order valence-electron chi connectivity index (χ3n) is 6.98. The van der Waals surface area contributed by atoms with Crippen LogP contribution < -0.4 is 0 Å². The minimum Gasteiger partial charge on any atom is -0.508 e. The number of hydrogen-bond donors (Lipinski definition) is 3. The van der Waals surface area contributed by atoms with E-state index < -0.39 is 23.8 Å². The number of amides is 2. The molecular formula is C30H23N3O5. The Morgan fingerprint density at radius 2 is 1.32 bits per heavy atom. The van der Waals surface area contributed by atoms with Gasteiger partial charge in [-0.1, -0.05) is 48.5 Å². The first-order valence-electron chi connectivity index (χ1n) is 12.1. The first-order chi connectivity index (χ1) is 18.5. The molecule has 6 rings (SSSR count). The van der Waals surface area contributed by atoms with Crippen molar-refractivity contribution in [1.29, 1.82) is 0 Å². The topological polar surface area (TPSA) is 115 Å². The Kier molecular flexibility index (Phi) is 5.57. The van der Waals surface area contributed by atoms with Crippen LogP contribution in [-0.2, 0) is 25.5 Å². The standard InChI is InChI=1S/C30H23N3O5/c1-38-30(37)25(14-17-10-12-18(34)13-11-17)33-28(35)26(21-15-31-23-8-4-2-6-19(21)23)27(29(33)36)22-16-32-24-9-5-3-7-20(22)24/h2-13,15-16,25,31-32,34H,14H2,1H3/t25-/m0/s1. The van der Waals surface area contributed by atoms with Crippen molar-refractivity contribution in [2.45, 2.75) is 12.5 Å². The molecule has 0 fully saturated rings. The molecule has 0 spiro atoms. The van der Waals surface area contributed by atoms with E-state index in [0.717, 1.165) is 26.7 Å². The highest BCUT2D eigenvalue weighted by atomic mass is 16.5. The Labute approximate surface area is 217 Å². The molecule has 3 N–H and O–H groups in total. The van der Waals surface area contributed by atoms with Crippen LogP contribution in [0.25, 0.3) is 33.0 Å². The summed E-state index contributed by atoms with van der Waals surface area (Å²) in [4.78, 5) is 48.8. The second kappa shape index (κ2) is 9.08. The molecule has 1 atom stereocenters. The van der Waals surface area contributed by atoms with Gasteiger partial charge in [-0.15, -0.1) is 0 Å². The fourth-order valence-corrected chi connectivity index (χ4v) is 5.16. The lowest BCUT2D eigenvalue weighted by molar-refractivity contribution is -0.155. The quantitative estimate of drug-likeness (QED) is 0.233. The number of aromatic hydroxyl groups is 1. The molecule has 5 aromatic rings. The number of nitrogens with one attached hydrogen (secondary N) is 2. The summed E-state index contributed by atoms with van der Waals surface area (Å²) in [7, 11) is 1.23. The van der Waals surface area contributed by atoms with E-state index in [-0.39, 0.29) is 23.3 Å². The minimum absolute atomic E-state index is 0.0345. The third-order valence-corrected chi connectivity index (χ3v) is 6.98. The van der Waals surface area contributed by atoms with Gasteiger partial charge in [0.05, 0.1) is 18.3 Å². The van der Waals surface area contributed by atoms with Gasteiger partial charge >= 0.3 is 5.97 Å². The smallest absolute Gasteiger partial charge is 0.329 e. The monoisotopic (exact) mass is 505 g/mol. The number of carbonyl (C=O) groups is 3. The van der Waals surface area contributed by atoms with Crippen molar-refractivity contribution in [3.8, 4) is 5.75 Å². The third kappa shape index (κ3) is 3.66. The molecule has 188 valence electrons. The predicted octanol–water partition coefficient (Wildman–Crippen LogP) is 4.42. The second-order valence-electron chi connectivity index (χ2n) is 9.14. The van der Waals surface area contributed by atoms with E-state index in [1.807, 2.05) is 48.5 Å². The Hall–Kier alpha value is -5.11. The van der Waals surface area contributed by atoms with E-state index in [2.05, 4.69) is 9.97 Å². The molecule has 38 heavy (non-hydrogen) atoms. The van der Waals surface area contributed by atoms with Crippen molar-refractivity contribution >= 4 is 50.7 Å². The number of aromatic nitrogens is 2. The van der Waals surface area contributed by atoms with Crippen LogP contribution in [0.15, 0.2) is 85.2 Å². The summed E-state index contributed by atoms with van der Waals surface area (Å²) in [5.74, 6) is -1.79. The Morgan fingerprint density at radius 1 is 0.816 bits per heavy atom. The Morgan fingerprint density at radius 3 is 1.82 bits per heavy atom. The second-order valence-corrected chi connectivity index (χ2v) is 9.14. The maximum atomic E-state index is 14.2. The number of nitrogens with zero attached hydrogens (tertiary/aromatic N) is 1. The zero-order valence-corrected chi connectivity index (χ0v) is 20.4. The highest BCUT2D eigenvalue weighted by Crippen LogP contribution is 2.41. The molecule has 2 amide bonds. The van der Waals surface area contributed by atoms with E-state index in [1.54, 1.807) is 24.5 Å². The van der Waals surface area contributed by atoms with Crippen molar-refractivity contribution in [1.82, 2.24) is 14.9 Å². The van der Waals surface area contributed by atoms with E-state index in [1.165, 1.54) is 19.2 Å². The summed E-state index contributed by atoms with van der Waals surface area (Å²) in [5.41, 5.74) is 3.90.